The summed E-state index contributed by atoms with van der Waals surface area (Å²) in [6.07, 6.45) is 5.25. The molecule has 2 aromatic heterocycles. The summed E-state index contributed by atoms with van der Waals surface area (Å²) < 4.78 is 10.8. The van der Waals surface area contributed by atoms with Gasteiger partial charge in [0.2, 0.25) is 0 Å². The van der Waals surface area contributed by atoms with Crippen LogP contribution in [0, 0.1) is 5.92 Å². The van der Waals surface area contributed by atoms with Crippen molar-refractivity contribution < 1.29 is 9.26 Å². The second kappa shape index (κ2) is 8.56. The predicted molar refractivity (Wildman–Crippen MR) is 110 cm³/mol. The van der Waals surface area contributed by atoms with E-state index in [1.165, 1.54) is 32.3 Å². The Balaban J connectivity index is 1.47. The molecule has 1 N–H and O–H groups in total. The van der Waals surface area contributed by atoms with Crippen LogP contribution in [0.2, 0.25) is 0 Å². The molecule has 0 spiro atoms. The Morgan fingerprint density at radius 2 is 2.25 bits per heavy atom. The Hall–Kier alpha value is -2.67. The van der Waals surface area contributed by atoms with E-state index in [0.717, 1.165) is 53.6 Å². The zero-order valence-corrected chi connectivity index (χ0v) is 16.5. The molecule has 1 atom stereocenters. The molecule has 7 heteroatoms. The molecule has 0 amide bonds. The summed E-state index contributed by atoms with van der Waals surface area (Å²) in [7, 11) is 1.65. The van der Waals surface area contributed by atoms with E-state index in [1.807, 2.05) is 24.3 Å². The number of benzene rings is 1. The fourth-order valence-electron chi connectivity index (χ4n) is 3.89. The smallest absolute Gasteiger partial charge is 0.263 e. The van der Waals surface area contributed by atoms with Crippen molar-refractivity contribution in [2.24, 2.45) is 5.92 Å². The van der Waals surface area contributed by atoms with Gasteiger partial charge in [-0.05, 0) is 50.4 Å². The third-order valence-electron chi connectivity index (χ3n) is 5.30. The van der Waals surface area contributed by atoms with Crippen LogP contribution in [0.3, 0.4) is 0 Å². The predicted octanol–water partition coefficient (Wildman–Crippen LogP) is 3.83. The van der Waals surface area contributed by atoms with Crippen LogP contribution in [0.4, 0.5) is 5.82 Å². The molecule has 148 valence electrons. The molecule has 0 unspecified atom stereocenters. The van der Waals surface area contributed by atoms with Crippen molar-refractivity contribution >= 4 is 16.9 Å². The number of nitrogens with one attached hydrogen (secondary N) is 1. The van der Waals surface area contributed by atoms with Crippen LogP contribution < -0.4 is 10.1 Å². The summed E-state index contributed by atoms with van der Waals surface area (Å²) in [4.78, 5) is 11.2. The molecular weight excluding hydrogens is 354 g/mol. The van der Waals surface area contributed by atoms with Gasteiger partial charge in [0, 0.05) is 18.7 Å². The van der Waals surface area contributed by atoms with Crippen molar-refractivity contribution in [3.05, 3.63) is 30.6 Å². The number of piperidine rings is 1. The number of nitrogens with zero attached hydrogens (tertiary/aromatic N) is 4. The zero-order valence-electron chi connectivity index (χ0n) is 16.5. The highest BCUT2D eigenvalue weighted by molar-refractivity contribution is 5.97. The second-order valence-corrected chi connectivity index (χ2v) is 7.49. The number of anilines is 1. The quantitative estimate of drug-likeness (QED) is 0.623. The van der Waals surface area contributed by atoms with Crippen molar-refractivity contribution in [1.82, 2.24) is 20.0 Å². The first-order valence-corrected chi connectivity index (χ1v) is 9.95. The highest BCUT2D eigenvalue weighted by atomic mass is 16.5. The highest BCUT2D eigenvalue weighted by Crippen LogP contribution is 2.32. The van der Waals surface area contributed by atoms with Crippen LogP contribution in [0.5, 0.6) is 5.75 Å². The van der Waals surface area contributed by atoms with E-state index < -0.39 is 0 Å². The lowest BCUT2D eigenvalue weighted by atomic mass is 10.0. The van der Waals surface area contributed by atoms with Crippen molar-refractivity contribution in [3.63, 3.8) is 0 Å². The Bertz CT molecular complexity index is 926. The average molecular weight is 381 g/mol. The molecule has 4 rings (SSSR count). The third kappa shape index (κ3) is 4.09. The van der Waals surface area contributed by atoms with E-state index in [0.29, 0.717) is 5.71 Å². The minimum atomic E-state index is 0.486. The van der Waals surface area contributed by atoms with Gasteiger partial charge in [0.25, 0.3) is 5.71 Å². The molecule has 1 fully saturated rings. The minimum absolute atomic E-state index is 0.486. The van der Waals surface area contributed by atoms with E-state index in [4.69, 9.17) is 9.26 Å². The van der Waals surface area contributed by atoms with Gasteiger partial charge in [0.1, 0.15) is 29.0 Å². The lowest BCUT2D eigenvalue weighted by Crippen LogP contribution is -2.35. The SMILES string of the molecule is COc1cccc(-c2noc3ncnc(NCCCN4CCC[C@@H](C)C4)c23)c1. The van der Waals surface area contributed by atoms with Crippen LogP contribution >= 0.6 is 0 Å². The molecule has 3 aromatic rings. The Kier molecular flexibility index (Phi) is 5.71. The number of fused-ring (bicyclic) bond motifs is 1. The van der Waals surface area contributed by atoms with Crippen LogP contribution in [0.1, 0.15) is 26.2 Å². The lowest BCUT2D eigenvalue weighted by Gasteiger charge is -2.30. The van der Waals surface area contributed by atoms with Gasteiger partial charge in [-0.3, -0.25) is 0 Å². The van der Waals surface area contributed by atoms with Crippen molar-refractivity contribution in [3.8, 4) is 17.0 Å². The van der Waals surface area contributed by atoms with E-state index in [1.54, 1.807) is 7.11 Å². The lowest BCUT2D eigenvalue weighted by molar-refractivity contribution is 0.183. The first-order valence-electron chi connectivity index (χ1n) is 9.95. The molecule has 0 aliphatic carbocycles. The molecule has 1 saturated heterocycles. The maximum atomic E-state index is 5.44. The maximum Gasteiger partial charge on any atom is 0.263 e. The fourth-order valence-corrected chi connectivity index (χ4v) is 3.89. The minimum Gasteiger partial charge on any atom is -0.497 e. The Labute approximate surface area is 165 Å². The summed E-state index contributed by atoms with van der Waals surface area (Å²) >= 11 is 0. The molecule has 1 aromatic carbocycles. The summed E-state index contributed by atoms with van der Waals surface area (Å²) in [5, 5.41) is 8.49. The Morgan fingerprint density at radius 3 is 3.11 bits per heavy atom. The van der Waals surface area contributed by atoms with E-state index >= 15 is 0 Å². The Morgan fingerprint density at radius 1 is 1.32 bits per heavy atom. The van der Waals surface area contributed by atoms with Gasteiger partial charge in [0.15, 0.2) is 0 Å². The first-order chi connectivity index (χ1) is 13.7. The number of hydrogen-bond donors (Lipinski definition) is 1. The van der Waals surface area contributed by atoms with Gasteiger partial charge in [-0.2, -0.15) is 4.98 Å². The van der Waals surface area contributed by atoms with E-state index in [9.17, 15) is 0 Å². The molecule has 0 radical (unpaired) electrons. The number of aromatic nitrogens is 3. The molecule has 1 aliphatic rings. The van der Waals surface area contributed by atoms with Crippen molar-refractivity contribution in [2.45, 2.75) is 26.2 Å². The fraction of sp³-hybridized carbons (Fsp3) is 0.476. The van der Waals surface area contributed by atoms with E-state index in [2.05, 4.69) is 32.3 Å². The topological polar surface area (TPSA) is 76.3 Å². The normalized spacial score (nSPS) is 17.7. The van der Waals surface area contributed by atoms with Gasteiger partial charge < -0.3 is 19.5 Å². The van der Waals surface area contributed by atoms with Crippen molar-refractivity contribution in [1.29, 1.82) is 0 Å². The van der Waals surface area contributed by atoms with Crippen molar-refractivity contribution in [2.75, 3.05) is 38.6 Å². The van der Waals surface area contributed by atoms with Gasteiger partial charge in [-0.1, -0.05) is 24.2 Å². The van der Waals surface area contributed by atoms with Gasteiger partial charge in [-0.25, -0.2) is 4.98 Å². The zero-order chi connectivity index (χ0) is 19.3. The molecule has 3 heterocycles. The number of ether oxygens (including phenoxy) is 1. The van der Waals surface area contributed by atoms with Crippen LogP contribution in [0.25, 0.3) is 22.4 Å². The summed E-state index contributed by atoms with van der Waals surface area (Å²) in [6, 6.07) is 7.76. The maximum absolute atomic E-state index is 5.44. The second-order valence-electron chi connectivity index (χ2n) is 7.49. The van der Waals surface area contributed by atoms with Crippen LogP contribution in [-0.2, 0) is 0 Å². The van der Waals surface area contributed by atoms with E-state index in [-0.39, 0.29) is 0 Å². The standard InChI is InChI=1S/C21H27N5O2/c1-15-6-4-10-26(13-15)11-5-9-22-20-18-19(25-28-21(18)24-14-23-20)16-7-3-8-17(12-16)27-2/h3,7-8,12,14-15H,4-6,9-11,13H2,1-2H3,(H,22,23,24)/t15-/m1/s1. The summed E-state index contributed by atoms with van der Waals surface area (Å²) in [5.74, 6) is 2.34. The summed E-state index contributed by atoms with van der Waals surface area (Å²) in [5.41, 5.74) is 2.13. The first kappa shape index (κ1) is 18.7. The van der Waals surface area contributed by atoms with Gasteiger partial charge in [0.05, 0.1) is 7.11 Å². The molecular formula is C21H27N5O2. The highest BCUT2D eigenvalue weighted by Gasteiger charge is 2.18. The number of likely N-dealkylation sites (tertiary alicyclic amines) is 1. The average Bonchev–Trinajstić information content (AvgIpc) is 3.16. The van der Waals surface area contributed by atoms with Gasteiger partial charge >= 0.3 is 0 Å². The number of rotatable bonds is 7. The molecule has 7 nitrogen and oxygen atoms in total. The van der Waals surface area contributed by atoms with Crippen LogP contribution in [0.15, 0.2) is 35.1 Å². The molecule has 1 aliphatic heterocycles. The monoisotopic (exact) mass is 381 g/mol. The van der Waals surface area contributed by atoms with Crippen LogP contribution in [-0.4, -0.2) is 53.3 Å². The molecule has 28 heavy (non-hydrogen) atoms. The number of hydrogen-bond acceptors (Lipinski definition) is 7. The van der Waals surface area contributed by atoms with Gasteiger partial charge in [-0.15, -0.1) is 0 Å². The molecule has 0 bridgehead atoms. The number of methoxy groups -OCH3 is 1. The largest absolute Gasteiger partial charge is 0.497 e. The summed E-state index contributed by atoms with van der Waals surface area (Å²) in [6.45, 7) is 6.73. The molecule has 0 saturated carbocycles. The third-order valence-corrected chi connectivity index (χ3v) is 5.30.